The van der Waals surface area contributed by atoms with Crippen LogP contribution in [0.2, 0.25) is 0 Å². The largest absolute Gasteiger partial charge is 0.368 e. The van der Waals surface area contributed by atoms with Crippen LogP contribution in [0.5, 0.6) is 0 Å². The molecule has 0 unspecified atom stereocenters. The molecule has 1 aliphatic heterocycles. The highest BCUT2D eigenvalue weighted by Crippen LogP contribution is 2.31. The standard InChI is InChI=1S/C13H14FN5O2/c14-11-6-10(19(20)21)3-4-12(11)18-5-1-2-9(7-18)13-15-8-16-17-13/h3-4,6,8-9H,1-2,5,7H2,(H,15,16,17)/t9-/m1/s1. The molecule has 2 heterocycles. The normalized spacial score (nSPS) is 18.7. The van der Waals surface area contributed by atoms with E-state index in [1.807, 2.05) is 4.90 Å². The Morgan fingerprint density at radius 2 is 2.33 bits per heavy atom. The zero-order valence-electron chi connectivity index (χ0n) is 11.2. The molecular formula is C13H14FN5O2. The molecule has 1 aromatic heterocycles. The summed E-state index contributed by atoms with van der Waals surface area (Å²) >= 11 is 0. The molecule has 2 aromatic rings. The lowest BCUT2D eigenvalue weighted by atomic mass is 9.97. The lowest BCUT2D eigenvalue weighted by molar-refractivity contribution is -0.385. The second kappa shape index (κ2) is 5.47. The number of nitro benzene ring substituents is 1. The summed E-state index contributed by atoms with van der Waals surface area (Å²) in [5.41, 5.74) is 0.157. The highest BCUT2D eigenvalue weighted by atomic mass is 19.1. The van der Waals surface area contributed by atoms with Crippen molar-refractivity contribution in [2.24, 2.45) is 0 Å². The quantitative estimate of drug-likeness (QED) is 0.692. The van der Waals surface area contributed by atoms with Gasteiger partial charge in [0, 0.05) is 25.1 Å². The van der Waals surface area contributed by atoms with Crippen LogP contribution in [0.25, 0.3) is 0 Å². The summed E-state index contributed by atoms with van der Waals surface area (Å²) < 4.78 is 14.1. The van der Waals surface area contributed by atoms with Crippen molar-refractivity contribution >= 4 is 11.4 Å². The molecule has 0 saturated carbocycles. The number of benzene rings is 1. The Morgan fingerprint density at radius 1 is 1.48 bits per heavy atom. The van der Waals surface area contributed by atoms with Crippen molar-refractivity contribution < 1.29 is 9.31 Å². The zero-order chi connectivity index (χ0) is 14.8. The molecular weight excluding hydrogens is 277 g/mol. The van der Waals surface area contributed by atoms with Crippen LogP contribution in [0.1, 0.15) is 24.6 Å². The van der Waals surface area contributed by atoms with Crippen LogP contribution in [0.15, 0.2) is 24.5 Å². The number of nitro groups is 1. The lowest BCUT2D eigenvalue weighted by Crippen LogP contribution is -2.35. The van der Waals surface area contributed by atoms with Crippen LogP contribution < -0.4 is 4.90 Å². The zero-order valence-corrected chi connectivity index (χ0v) is 11.2. The predicted octanol–water partition coefficient (Wildman–Crippen LogP) is 2.24. The number of rotatable bonds is 3. The molecule has 1 fully saturated rings. The van der Waals surface area contributed by atoms with E-state index in [0.29, 0.717) is 12.2 Å². The van der Waals surface area contributed by atoms with Crippen LogP contribution in [0, 0.1) is 15.9 Å². The van der Waals surface area contributed by atoms with E-state index in [1.54, 1.807) is 0 Å². The van der Waals surface area contributed by atoms with Crippen LogP contribution in [-0.2, 0) is 0 Å². The average Bonchev–Trinajstić information content (AvgIpc) is 3.01. The first kappa shape index (κ1) is 13.5. The molecule has 0 radical (unpaired) electrons. The molecule has 21 heavy (non-hydrogen) atoms. The minimum absolute atomic E-state index is 0.163. The summed E-state index contributed by atoms with van der Waals surface area (Å²) in [6, 6.07) is 3.76. The van der Waals surface area contributed by atoms with Crippen molar-refractivity contribution in [3.8, 4) is 0 Å². The van der Waals surface area contributed by atoms with E-state index < -0.39 is 10.7 Å². The Bertz CT molecular complexity index is 646. The molecule has 0 amide bonds. The molecule has 7 nitrogen and oxygen atoms in total. The van der Waals surface area contributed by atoms with Crippen LogP contribution >= 0.6 is 0 Å². The second-order valence-electron chi connectivity index (χ2n) is 5.05. The first-order chi connectivity index (χ1) is 10.1. The number of H-pyrrole nitrogens is 1. The molecule has 0 aliphatic carbocycles. The minimum atomic E-state index is -0.597. The Morgan fingerprint density at radius 3 is 3.00 bits per heavy atom. The Balaban J connectivity index is 1.82. The number of nitrogens with zero attached hydrogens (tertiary/aromatic N) is 4. The third kappa shape index (κ3) is 2.69. The predicted molar refractivity (Wildman–Crippen MR) is 73.6 cm³/mol. The molecule has 8 heteroatoms. The summed E-state index contributed by atoms with van der Waals surface area (Å²) in [4.78, 5) is 16.1. The maximum Gasteiger partial charge on any atom is 0.272 e. The highest BCUT2D eigenvalue weighted by molar-refractivity contribution is 5.53. The van der Waals surface area contributed by atoms with Crippen molar-refractivity contribution in [1.82, 2.24) is 15.2 Å². The Kier molecular flexibility index (Phi) is 3.51. The van der Waals surface area contributed by atoms with Gasteiger partial charge in [0.2, 0.25) is 0 Å². The van der Waals surface area contributed by atoms with Crippen LogP contribution in [-0.4, -0.2) is 33.2 Å². The fourth-order valence-corrected chi connectivity index (χ4v) is 2.70. The smallest absolute Gasteiger partial charge is 0.272 e. The third-order valence-corrected chi connectivity index (χ3v) is 3.72. The first-order valence-electron chi connectivity index (χ1n) is 6.69. The number of hydrogen-bond acceptors (Lipinski definition) is 5. The topological polar surface area (TPSA) is 87.9 Å². The number of nitrogens with one attached hydrogen (secondary N) is 1. The van der Waals surface area contributed by atoms with E-state index in [0.717, 1.165) is 31.3 Å². The molecule has 1 aromatic carbocycles. The Labute approximate surface area is 120 Å². The van der Waals surface area contributed by atoms with Crippen molar-refractivity contribution in [2.75, 3.05) is 18.0 Å². The molecule has 1 N–H and O–H groups in total. The van der Waals surface area contributed by atoms with E-state index in [4.69, 9.17) is 0 Å². The number of halogens is 1. The van der Waals surface area contributed by atoms with Gasteiger partial charge in [0.05, 0.1) is 16.7 Å². The van der Waals surface area contributed by atoms with Crippen molar-refractivity contribution in [1.29, 1.82) is 0 Å². The van der Waals surface area contributed by atoms with Crippen molar-refractivity contribution in [2.45, 2.75) is 18.8 Å². The van der Waals surface area contributed by atoms with Gasteiger partial charge in [-0.25, -0.2) is 9.37 Å². The van der Waals surface area contributed by atoms with Crippen LogP contribution in [0.4, 0.5) is 15.8 Å². The van der Waals surface area contributed by atoms with Gasteiger partial charge in [0.1, 0.15) is 12.2 Å². The molecule has 0 spiro atoms. The minimum Gasteiger partial charge on any atom is -0.368 e. The maximum absolute atomic E-state index is 14.1. The van der Waals surface area contributed by atoms with Gasteiger partial charge in [0.15, 0.2) is 5.82 Å². The molecule has 1 aliphatic rings. The van der Waals surface area contributed by atoms with E-state index in [9.17, 15) is 14.5 Å². The summed E-state index contributed by atoms with van der Waals surface area (Å²) in [6.45, 7) is 1.34. The maximum atomic E-state index is 14.1. The third-order valence-electron chi connectivity index (χ3n) is 3.72. The number of hydrogen-bond donors (Lipinski definition) is 1. The molecule has 1 saturated heterocycles. The van der Waals surface area contributed by atoms with Gasteiger partial charge >= 0.3 is 0 Å². The highest BCUT2D eigenvalue weighted by Gasteiger charge is 2.25. The summed E-state index contributed by atoms with van der Waals surface area (Å²) in [7, 11) is 0. The molecule has 3 rings (SSSR count). The SMILES string of the molecule is O=[N+]([O-])c1ccc(N2CCC[C@@H](c3ncn[nH]3)C2)c(F)c1. The van der Waals surface area contributed by atoms with Crippen LogP contribution in [0.3, 0.4) is 0 Å². The van der Waals surface area contributed by atoms with Gasteiger partial charge < -0.3 is 4.90 Å². The summed E-state index contributed by atoms with van der Waals surface area (Å²) in [5, 5.41) is 17.3. The van der Waals surface area contributed by atoms with Gasteiger partial charge in [-0.1, -0.05) is 0 Å². The van der Waals surface area contributed by atoms with Gasteiger partial charge in [-0.3, -0.25) is 15.2 Å². The lowest BCUT2D eigenvalue weighted by Gasteiger charge is -2.33. The average molecular weight is 291 g/mol. The summed E-state index contributed by atoms with van der Waals surface area (Å²) in [5.74, 6) is 0.389. The van der Waals surface area contributed by atoms with Crippen molar-refractivity contribution in [3.63, 3.8) is 0 Å². The van der Waals surface area contributed by atoms with Crippen molar-refractivity contribution in [3.05, 3.63) is 46.3 Å². The first-order valence-corrected chi connectivity index (χ1v) is 6.69. The molecule has 1 atom stereocenters. The fourth-order valence-electron chi connectivity index (χ4n) is 2.70. The number of anilines is 1. The van der Waals surface area contributed by atoms with E-state index in [-0.39, 0.29) is 11.6 Å². The number of aromatic amines is 1. The fraction of sp³-hybridized carbons (Fsp3) is 0.385. The van der Waals surface area contributed by atoms with E-state index >= 15 is 0 Å². The number of piperidine rings is 1. The Hall–Kier alpha value is -2.51. The molecule has 110 valence electrons. The summed E-state index contributed by atoms with van der Waals surface area (Å²) in [6.07, 6.45) is 3.32. The van der Waals surface area contributed by atoms with E-state index in [2.05, 4.69) is 15.2 Å². The van der Waals surface area contributed by atoms with Gasteiger partial charge in [-0.2, -0.15) is 5.10 Å². The monoisotopic (exact) mass is 291 g/mol. The number of non-ortho nitro benzene ring substituents is 1. The number of aromatic nitrogens is 3. The van der Waals surface area contributed by atoms with E-state index in [1.165, 1.54) is 18.5 Å². The van der Waals surface area contributed by atoms with Gasteiger partial charge in [0.25, 0.3) is 5.69 Å². The van der Waals surface area contributed by atoms with Gasteiger partial charge in [-0.15, -0.1) is 0 Å². The second-order valence-corrected chi connectivity index (χ2v) is 5.05. The molecule has 0 bridgehead atoms. The van der Waals surface area contributed by atoms with Gasteiger partial charge in [-0.05, 0) is 18.9 Å².